The molecule has 0 fully saturated rings. The minimum atomic E-state index is -0.257. The number of aliphatic imine (C=N–C) groups is 2. The first-order chi connectivity index (χ1) is 29.2. The molecule has 0 spiro atoms. The van der Waals surface area contributed by atoms with Crippen molar-refractivity contribution in [1.29, 1.82) is 0 Å². The molecule has 1 aromatic heterocycles. The van der Waals surface area contributed by atoms with Gasteiger partial charge in [0.25, 0.3) is 0 Å². The maximum atomic E-state index is 5.04. The van der Waals surface area contributed by atoms with E-state index in [4.69, 9.17) is 24.9 Å². The molecular formula is C53H38N6. The highest BCUT2D eigenvalue weighted by molar-refractivity contribution is 6.13. The van der Waals surface area contributed by atoms with Crippen LogP contribution in [0.3, 0.4) is 0 Å². The number of benzene rings is 7. The van der Waals surface area contributed by atoms with E-state index in [1.54, 1.807) is 0 Å². The Balaban J connectivity index is 0.981. The zero-order valence-electron chi connectivity index (χ0n) is 32.2. The van der Waals surface area contributed by atoms with Gasteiger partial charge in [0.1, 0.15) is 12.0 Å². The van der Waals surface area contributed by atoms with Gasteiger partial charge in [-0.1, -0.05) is 182 Å². The number of allylic oxidation sites excluding steroid dienone is 6. The Kier molecular flexibility index (Phi) is 9.63. The molecule has 1 atom stereocenters. The van der Waals surface area contributed by atoms with Gasteiger partial charge in [0.05, 0.1) is 0 Å². The number of amidine groups is 2. The van der Waals surface area contributed by atoms with Crippen molar-refractivity contribution in [3.8, 4) is 45.0 Å². The average Bonchev–Trinajstić information content (AvgIpc) is 3.62. The lowest BCUT2D eigenvalue weighted by Crippen LogP contribution is -2.33. The molecule has 2 heterocycles. The number of aromatic nitrogens is 3. The van der Waals surface area contributed by atoms with Crippen molar-refractivity contribution in [2.45, 2.75) is 12.6 Å². The summed E-state index contributed by atoms with van der Waals surface area (Å²) >= 11 is 0. The van der Waals surface area contributed by atoms with E-state index in [0.717, 1.165) is 73.3 Å². The molecule has 10 rings (SSSR count). The number of nitrogens with zero attached hydrogens (tertiary/aromatic N) is 5. The highest BCUT2D eigenvalue weighted by Crippen LogP contribution is 2.32. The fourth-order valence-corrected chi connectivity index (χ4v) is 7.52. The number of nitrogens with one attached hydrogen (secondary N) is 1. The number of hydrogen-bond acceptors (Lipinski definition) is 6. The Bertz CT molecular complexity index is 2980. The van der Waals surface area contributed by atoms with E-state index in [1.165, 1.54) is 5.39 Å². The number of fused-ring (bicyclic) bond motifs is 1. The van der Waals surface area contributed by atoms with Crippen molar-refractivity contribution < 1.29 is 0 Å². The standard InChI is InChI=1S/C53H38N6/c1-2-7-17-37(16-6-1)48-54-49(38-18-8-3-9-19-38)57-52(56-48)45-26-14-24-41(32-45)43-30-28-36-29-31-44(35-47(36)34-43)42-25-15-27-46(33-42)53-58-50(39-20-10-4-11-21-39)55-51(59-53)40-22-12-5-13-23-40/h1-16,18-35,50H,17H2,(H,55,58,59). The van der Waals surface area contributed by atoms with Crippen LogP contribution in [0.2, 0.25) is 0 Å². The van der Waals surface area contributed by atoms with Crippen molar-refractivity contribution in [3.63, 3.8) is 0 Å². The quantitative estimate of drug-likeness (QED) is 0.167. The molecule has 6 heteroatoms. The van der Waals surface area contributed by atoms with Crippen molar-refractivity contribution >= 4 is 28.0 Å². The summed E-state index contributed by atoms with van der Waals surface area (Å²) in [4.78, 5) is 25.0. The molecule has 1 unspecified atom stereocenters. The average molecular weight is 759 g/mol. The molecule has 8 aromatic rings. The summed E-state index contributed by atoms with van der Waals surface area (Å²) < 4.78 is 0. The normalized spacial score (nSPS) is 14.8. The Morgan fingerprint density at radius 3 is 1.69 bits per heavy atom. The topological polar surface area (TPSA) is 75.4 Å². The van der Waals surface area contributed by atoms with Crippen LogP contribution in [0.1, 0.15) is 35.1 Å². The lowest BCUT2D eigenvalue weighted by molar-refractivity contribution is 0.674. The first-order valence-electron chi connectivity index (χ1n) is 19.8. The van der Waals surface area contributed by atoms with Crippen molar-refractivity contribution in [2.75, 3.05) is 0 Å². The summed E-state index contributed by atoms with van der Waals surface area (Å²) in [6, 6.07) is 61.0. The zero-order chi connectivity index (χ0) is 39.4. The van der Waals surface area contributed by atoms with E-state index in [1.807, 2.05) is 78.9 Å². The third-order valence-corrected chi connectivity index (χ3v) is 10.6. The summed E-state index contributed by atoms with van der Waals surface area (Å²) in [6.45, 7) is 0. The van der Waals surface area contributed by atoms with E-state index >= 15 is 0 Å². The summed E-state index contributed by atoms with van der Waals surface area (Å²) in [5, 5.41) is 5.94. The predicted molar refractivity (Wildman–Crippen MR) is 242 cm³/mol. The molecule has 1 aliphatic heterocycles. The molecule has 6 nitrogen and oxygen atoms in total. The maximum absolute atomic E-state index is 5.04. The smallest absolute Gasteiger partial charge is 0.164 e. The lowest BCUT2D eigenvalue weighted by Gasteiger charge is -2.24. The second-order valence-electron chi connectivity index (χ2n) is 14.6. The molecule has 0 bridgehead atoms. The van der Waals surface area contributed by atoms with Crippen LogP contribution in [0.4, 0.5) is 0 Å². The highest BCUT2D eigenvalue weighted by atomic mass is 15.2. The van der Waals surface area contributed by atoms with E-state index in [0.29, 0.717) is 23.3 Å². The van der Waals surface area contributed by atoms with E-state index in [-0.39, 0.29) is 6.17 Å². The fraction of sp³-hybridized carbons (Fsp3) is 0.0377. The van der Waals surface area contributed by atoms with Gasteiger partial charge in [0.15, 0.2) is 23.3 Å². The van der Waals surface area contributed by atoms with E-state index in [9.17, 15) is 0 Å². The van der Waals surface area contributed by atoms with Gasteiger partial charge < -0.3 is 5.32 Å². The van der Waals surface area contributed by atoms with Crippen molar-refractivity contribution in [3.05, 3.63) is 229 Å². The molecule has 2 aliphatic rings. The first kappa shape index (κ1) is 35.6. The van der Waals surface area contributed by atoms with Gasteiger partial charge in [-0.25, -0.2) is 24.9 Å². The molecular weight excluding hydrogens is 721 g/mol. The zero-order valence-corrected chi connectivity index (χ0v) is 32.2. The minimum Gasteiger partial charge on any atom is -0.344 e. The number of rotatable bonds is 8. The largest absolute Gasteiger partial charge is 0.344 e. The molecule has 1 aliphatic carbocycles. The third kappa shape index (κ3) is 7.67. The van der Waals surface area contributed by atoms with E-state index in [2.05, 4.69) is 133 Å². The van der Waals surface area contributed by atoms with Gasteiger partial charge in [-0.3, -0.25) is 0 Å². The second kappa shape index (κ2) is 16.0. The SMILES string of the molecule is C1=CC=C(c2nc(-c3ccccc3)nc(-c3cccc(-c4ccc5ccc(-c6cccc(C7=NC(c8ccccc8)=NC(c8ccccc8)N7)c6)cc5c4)c3)n2)CC=C1. The molecule has 0 amide bonds. The summed E-state index contributed by atoms with van der Waals surface area (Å²) in [5.41, 5.74) is 10.4. The minimum absolute atomic E-state index is 0.257. The molecule has 0 saturated heterocycles. The van der Waals surface area contributed by atoms with Crippen LogP contribution in [0.15, 0.2) is 216 Å². The Morgan fingerprint density at radius 1 is 0.424 bits per heavy atom. The van der Waals surface area contributed by atoms with Crippen LogP contribution < -0.4 is 5.32 Å². The highest BCUT2D eigenvalue weighted by Gasteiger charge is 2.21. The molecule has 7 aromatic carbocycles. The molecule has 0 radical (unpaired) electrons. The van der Waals surface area contributed by atoms with Crippen molar-refractivity contribution in [1.82, 2.24) is 20.3 Å². The Hall–Kier alpha value is -7.83. The Labute approximate surface area is 343 Å². The maximum Gasteiger partial charge on any atom is 0.164 e. The van der Waals surface area contributed by atoms with Gasteiger partial charge in [-0.15, -0.1) is 0 Å². The van der Waals surface area contributed by atoms with Crippen LogP contribution >= 0.6 is 0 Å². The summed E-state index contributed by atoms with van der Waals surface area (Å²) in [7, 11) is 0. The van der Waals surface area contributed by atoms with Crippen LogP contribution in [-0.2, 0) is 0 Å². The van der Waals surface area contributed by atoms with Crippen LogP contribution in [0, 0.1) is 0 Å². The van der Waals surface area contributed by atoms with Crippen LogP contribution in [-0.4, -0.2) is 26.6 Å². The van der Waals surface area contributed by atoms with Crippen LogP contribution in [0.5, 0.6) is 0 Å². The predicted octanol–water partition coefficient (Wildman–Crippen LogP) is 12.1. The van der Waals surface area contributed by atoms with Crippen molar-refractivity contribution in [2.24, 2.45) is 9.98 Å². The van der Waals surface area contributed by atoms with E-state index < -0.39 is 0 Å². The fourth-order valence-electron chi connectivity index (χ4n) is 7.52. The summed E-state index contributed by atoms with van der Waals surface area (Å²) in [6.07, 6.45) is 10.8. The molecule has 59 heavy (non-hydrogen) atoms. The van der Waals surface area contributed by atoms with Gasteiger partial charge in [-0.2, -0.15) is 0 Å². The number of hydrogen-bond donors (Lipinski definition) is 1. The molecule has 0 saturated carbocycles. The lowest BCUT2D eigenvalue weighted by atomic mass is 9.96. The first-order valence-corrected chi connectivity index (χ1v) is 19.8. The van der Waals surface area contributed by atoms with Gasteiger partial charge >= 0.3 is 0 Å². The third-order valence-electron chi connectivity index (χ3n) is 10.6. The second-order valence-corrected chi connectivity index (χ2v) is 14.6. The van der Waals surface area contributed by atoms with Gasteiger partial charge in [-0.05, 0) is 69.3 Å². The van der Waals surface area contributed by atoms with Crippen LogP contribution in [0.25, 0.3) is 61.4 Å². The van der Waals surface area contributed by atoms with Gasteiger partial charge in [0, 0.05) is 27.8 Å². The molecule has 1 N–H and O–H groups in total. The Morgan fingerprint density at radius 2 is 0.983 bits per heavy atom. The summed E-state index contributed by atoms with van der Waals surface area (Å²) in [5.74, 6) is 3.48. The van der Waals surface area contributed by atoms with Gasteiger partial charge in [0.2, 0.25) is 0 Å². The molecule has 280 valence electrons. The monoisotopic (exact) mass is 758 g/mol.